The van der Waals surface area contributed by atoms with Crippen molar-refractivity contribution in [3.8, 4) is 0 Å². The zero-order valence-electron chi connectivity index (χ0n) is 10.7. The maximum Gasteiger partial charge on any atom is 0.241 e. The highest BCUT2D eigenvalue weighted by atomic mass is 32.1. The molecule has 0 unspecified atom stereocenters. The summed E-state index contributed by atoms with van der Waals surface area (Å²) in [6.07, 6.45) is 2.81. The molecule has 0 bridgehead atoms. The lowest BCUT2D eigenvalue weighted by Gasteiger charge is -2.20. The molecule has 1 amide bonds. The van der Waals surface area contributed by atoms with Crippen LogP contribution in [0.2, 0.25) is 0 Å². The molecule has 0 atom stereocenters. The van der Waals surface area contributed by atoms with E-state index in [4.69, 9.17) is 0 Å². The van der Waals surface area contributed by atoms with E-state index in [0.717, 1.165) is 36.0 Å². The summed E-state index contributed by atoms with van der Waals surface area (Å²) in [4.78, 5) is 21.1. The predicted molar refractivity (Wildman–Crippen MR) is 73.5 cm³/mol. The molecule has 102 valence electrons. The minimum Gasteiger partial charge on any atom is -0.390 e. The average molecular weight is 280 g/mol. The van der Waals surface area contributed by atoms with Crippen LogP contribution in [0.5, 0.6) is 0 Å². The average Bonchev–Trinajstić information content (AvgIpc) is 2.92. The Labute approximate surface area is 114 Å². The summed E-state index contributed by atoms with van der Waals surface area (Å²) < 4.78 is 1.89. The number of likely N-dealkylation sites (N-methyl/N-ethyl adjacent to an activating group) is 1. The lowest BCUT2D eigenvalue weighted by molar-refractivity contribution is -0.127. The zero-order chi connectivity index (χ0) is 13.4. The highest BCUT2D eigenvalue weighted by Gasteiger charge is 2.24. The monoisotopic (exact) mass is 280 g/mol. The van der Waals surface area contributed by atoms with Crippen molar-refractivity contribution in [3.63, 3.8) is 0 Å². The fraction of sp³-hybridized carbons (Fsp3) is 0.500. The summed E-state index contributed by atoms with van der Waals surface area (Å²) in [6, 6.07) is 0. The number of amides is 1. The zero-order valence-corrected chi connectivity index (χ0v) is 11.6. The van der Waals surface area contributed by atoms with Gasteiger partial charge in [0, 0.05) is 31.7 Å². The van der Waals surface area contributed by atoms with Crippen molar-refractivity contribution in [2.75, 3.05) is 31.6 Å². The molecule has 1 N–H and O–H groups in total. The van der Waals surface area contributed by atoms with E-state index in [1.54, 1.807) is 4.90 Å². The number of hydrogen-bond donors (Lipinski definition) is 1. The van der Waals surface area contributed by atoms with Crippen LogP contribution in [0.3, 0.4) is 0 Å². The molecule has 1 aliphatic rings. The number of imidazole rings is 1. The summed E-state index contributed by atoms with van der Waals surface area (Å²) in [5, 5.41) is 11.5. The lowest BCUT2D eigenvalue weighted by Crippen LogP contribution is -2.34. The number of aliphatic hydroxyl groups excluding tert-OH is 1. The van der Waals surface area contributed by atoms with Crippen molar-refractivity contribution in [1.82, 2.24) is 14.3 Å². The molecule has 7 heteroatoms. The predicted octanol–water partition coefficient (Wildman–Crippen LogP) is 0.557. The first-order chi connectivity index (χ1) is 9.20. The summed E-state index contributed by atoms with van der Waals surface area (Å²) in [6.45, 7) is 1.81. The highest BCUT2D eigenvalue weighted by molar-refractivity contribution is 7.15. The Morgan fingerprint density at radius 2 is 2.32 bits per heavy atom. The Balaban J connectivity index is 1.98. The number of rotatable bonds is 2. The number of carbonyl (C=O) groups excluding carboxylic acids is 1. The summed E-state index contributed by atoms with van der Waals surface area (Å²) in [5.41, 5.74) is 0.758. The Morgan fingerprint density at radius 3 is 3.11 bits per heavy atom. The van der Waals surface area contributed by atoms with Crippen molar-refractivity contribution in [1.29, 1.82) is 0 Å². The van der Waals surface area contributed by atoms with Gasteiger partial charge in [-0.25, -0.2) is 4.98 Å². The van der Waals surface area contributed by atoms with E-state index in [2.05, 4.69) is 4.98 Å². The minimum absolute atomic E-state index is 0.0756. The Morgan fingerprint density at radius 1 is 1.47 bits per heavy atom. The number of anilines is 1. The van der Waals surface area contributed by atoms with E-state index in [1.165, 1.54) is 11.3 Å². The molecule has 6 nitrogen and oxygen atoms in total. The molecule has 0 spiro atoms. The summed E-state index contributed by atoms with van der Waals surface area (Å²) >= 11 is 1.53. The number of carbonyl (C=O) groups is 1. The Bertz CT molecular complexity index is 606. The Kier molecular flexibility index (Phi) is 3.16. The number of fused-ring (bicyclic) bond motifs is 1. The van der Waals surface area contributed by atoms with Crippen LogP contribution < -0.4 is 4.90 Å². The maximum absolute atomic E-state index is 11.9. The van der Waals surface area contributed by atoms with Crippen LogP contribution in [0.1, 0.15) is 12.1 Å². The third-order valence-corrected chi connectivity index (χ3v) is 4.22. The lowest BCUT2D eigenvalue weighted by atomic mass is 10.3. The first kappa shape index (κ1) is 12.4. The molecule has 1 saturated heterocycles. The van der Waals surface area contributed by atoms with Crippen molar-refractivity contribution in [2.45, 2.75) is 13.0 Å². The largest absolute Gasteiger partial charge is 0.390 e. The smallest absolute Gasteiger partial charge is 0.241 e. The quantitative estimate of drug-likeness (QED) is 0.873. The number of nitrogens with zero attached hydrogens (tertiary/aromatic N) is 4. The fourth-order valence-electron chi connectivity index (χ4n) is 2.39. The van der Waals surface area contributed by atoms with Crippen molar-refractivity contribution < 1.29 is 9.90 Å². The van der Waals surface area contributed by atoms with Crippen LogP contribution in [0, 0.1) is 0 Å². The number of aliphatic hydroxyl groups is 1. The van der Waals surface area contributed by atoms with Gasteiger partial charge in [-0.15, -0.1) is 11.3 Å². The van der Waals surface area contributed by atoms with Crippen LogP contribution >= 0.6 is 11.3 Å². The van der Waals surface area contributed by atoms with Gasteiger partial charge in [-0.3, -0.25) is 9.20 Å². The molecule has 0 aliphatic carbocycles. The third-order valence-electron chi connectivity index (χ3n) is 3.46. The Hall–Kier alpha value is -1.60. The molecule has 2 aromatic heterocycles. The molecule has 3 heterocycles. The molecule has 19 heavy (non-hydrogen) atoms. The van der Waals surface area contributed by atoms with Crippen LogP contribution in [0.15, 0.2) is 11.6 Å². The van der Waals surface area contributed by atoms with E-state index in [9.17, 15) is 9.90 Å². The van der Waals surface area contributed by atoms with Crippen molar-refractivity contribution in [2.24, 2.45) is 0 Å². The first-order valence-corrected chi connectivity index (χ1v) is 7.13. The molecule has 3 rings (SSSR count). The van der Waals surface area contributed by atoms with Crippen LogP contribution in [-0.4, -0.2) is 52.0 Å². The fourth-order valence-corrected chi connectivity index (χ4v) is 3.12. The molecular formula is C12H16N4O2S. The summed E-state index contributed by atoms with van der Waals surface area (Å²) in [5.74, 6) is 0.829. The molecule has 1 aliphatic heterocycles. The van der Waals surface area contributed by atoms with Crippen LogP contribution in [0.25, 0.3) is 4.96 Å². The molecule has 2 aromatic rings. The van der Waals surface area contributed by atoms with Gasteiger partial charge >= 0.3 is 0 Å². The van der Waals surface area contributed by atoms with Gasteiger partial charge in [-0.05, 0) is 6.42 Å². The molecular weight excluding hydrogens is 264 g/mol. The van der Waals surface area contributed by atoms with E-state index in [1.807, 2.05) is 27.9 Å². The van der Waals surface area contributed by atoms with E-state index >= 15 is 0 Å². The molecule has 0 radical (unpaired) electrons. The normalized spacial score (nSPS) is 17.3. The number of aromatic nitrogens is 2. The molecule has 0 saturated carbocycles. The number of hydrogen-bond acceptors (Lipinski definition) is 5. The second kappa shape index (κ2) is 4.82. The van der Waals surface area contributed by atoms with E-state index < -0.39 is 0 Å². The van der Waals surface area contributed by atoms with Crippen molar-refractivity contribution in [3.05, 3.63) is 17.3 Å². The standard InChI is InChI=1S/C12H16N4O2S/c1-14-3-2-4-15(7-10(14)18)11-9(8-17)16-5-6-19-12(16)13-11/h5-6,17H,2-4,7-8H2,1H3. The van der Waals surface area contributed by atoms with Gasteiger partial charge in [0.15, 0.2) is 10.8 Å². The maximum atomic E-state index is 11.9. The second-order valence-corrected chi connectivity index (χ2v) is 5.56. The van der Waals surface area contributed by atoms with Crippen LogP contribution in [-0.2, 0) is 11.4 Å². The third kappa shape index (κ3) is 2.08. The molecule has 0 aromatic carbocycles. The van der Waals surface area contributed by atoms with Gasteiger partial charge in [0.25, 0.3) is 0 Å². The van der Waals surface area contributed by atoms with Gasteiger partial charge in [0.2, 0.25) is 5.91 Å². The minimum atomic E-state index is -0.0756. The van der Waals surface area contributed by atoms with Crippen molar-refractivity contribution >= 4 is 28.0 Å². The van der Waals surface area contributed by atoms with E-state index in [-0.39, 0.29) is 12.5 Å². The first-order valence-electron chi connectivity index (χ1n) is 6.25. The molecule has 1 fully saturated rings. The van der Waals surface area contributed by atoms with Gasteiger partial charge < -0.3 is 14.9 Å². The van der Waals surface area contributed by atoms with E-state index in [0.29, 0.717) is 6.54 Å². The SMILES string of the molecule is CN1CCCN(c2nc3sccn3c2CO)CC1=O. The summed E-state index contributed by atoms with van der Waals surface area (Å²) in [7, 11) is 1.82. The van der Waals surface area contributed by atoms with Gasteiger partial charge in [0.05, 0.1) is 18.8 Å². The van der Waals surface area contributed by atoms with Gasteiger partial charge in [0.1, 0.15) is 0 Å². The van der Waals surface area contributed by atoms with Gasteiger partial charge in [-0.1, -0.05) is 0 Å². The second-order valence-electron chi connectivity index (χ2n) is 4.69. The number of thiazole rings is 1. The van der Waals surface area contributed by atoms with Gasteiger partial charge in [-0.2, -0.15) is 0 Å². The highest BCUT2D eigenvalue weighted by Crippen LogP contribution is 2.25. The van der Waals surface area contributed by atoms with Crippen LogP contribution in [0.4, 0.5) is 5.82 Å². The topological polar surface area (TPSA) is 61.1 Å².